The Balaban J connectivity index is 0. The Kier molecular flexibility index (Phi) is 21.5. The Labute approximate surface area is 231 Å². The van der Waals surface area contributed by atoms with Gasteiger partial charge in [0.15, 0.2) is 0 Å². The fourth-order valence-corrected chi connectivity index (χ4v) is 2.51. The van der Waals surface area contributed by atoms with Gasteiger partial charge >= 0.3 is 11.5 Å². The molecule has 0 unspecified atom stereocenters. The van der Waals surface area contributed by atoms with Crippen molar-refractivity contribution in [2.75, 3.05) is 13.2 Å². The second-order valence-electron chi connectivity index (χ2n) is 7.75. The van der Waals surface area contributed by atoms with E-state index in [4.69, 9.17) is 22.1 Å². The van der Waals surface area contributed by atoms with Gasteiger partial charge in [-0.15, -0.1) is 12.4 Å². The predicted molar refractivity (Wildman–Crippen MR) is 148 cm³/mol. The maximum absolute atomic E-state index is 11.2. The highest BCUT2D eigenvalue weighted by Gasteiger charge is 2.03. The largest absolute Gasteiger partial charge is 0.453 e. The molecule has 192 valence electrons. The molecule has 0 aliphatic rings. The van der Waals surface area contributed by atoms with Crippen LogP contribution >= 0.6 is 55.9 Å². The Morgan fingerprint density at radius 3 is 1.62 bits per heavy atom. The summed E-state index contributed by atoms with van der Waals surface area (Å²) in [7, 11) is 0. The van der Waals surface area contributed by atoms with Gasteiger partial charge in [0, 0.05) is 33.6 Å². The fraction of sp³-hybridized carbons (Fsp3) is 0.417. The molecular formula is C24H34Br2Cl2N2O4. The lowest BCUT2D eigenvalue weighted by Gasteiger charge is -2.08. The Morgan fingerprint density at radius 2 is 1.26 bits per heavy atom. The average molecular weight is 645 g/mol. The van der Waals surface area contributed by atoms with Gasteiger partial charge in [0.25, 0.3) is 0 Å². The first-order valence-corrected chi connectivity index (χ1v) is 12.4. The first-order chi connectivity index (χ1) is 15.5. The Morgan fingerprint density at radius 1 is 0.853 bits per heavy atom. The molecule has 0 spiro atoms. The van der Waals surface area contributed by atoms with Crippen molar-refractivity contribution in [1.82, 2.24) is 5.32 Å². The Bertz CT molecular complexity index is 806. The normalized spacial score (nSPS) is 9.59. The van der Waals surface area contributed by atoms with Crippen molar-refractivity contribution in [3.05, 3.63) is 68.6 Å². The van der Waals surface area contributed by atoms with E-state index in [-0.39, 0.29) is 18.5 Å². The lowest BCUT2D eigenvalue weighted by Crippen LogP contribution is -2.25. The minimum Gasteiger partial charge on any atom is -0.453 e. The van der Waals surface area contributed by atoms with Crippen molar-refractivity contribution >= 4 is 67.4 Å². The third kappa shape index (κ3) is 21.2. The summed E-state index contributed by atoms with van der Waals surface area (Å²) >= 11 is 11.5. The molecule has 2 rings (SSSR count). The molecular weight excluding hydrogens is 611 g/mol. The second kappa shape index (κ2) is 21.0. The molecule has 0 aromatic heterocycles. The van der Waals surface area contributed by atoms with Gasteiger partial charge in [-0.25, -0.2) is 9.59 Å². The number of hydrogen-bond donors (Lipinski definition) is 2. The molecule has 2 aromatic rings. The summed E-state index contributed by atoms with van der Waals surface area (Å²) < 4.78 is 11.5. The van der Waals surface area contributed by atoms with E-state index in [2.05, 4.69) is 41.9 Å². The van der Waals surface area contributed by atoms with Crippen LogP contribution in [0.25, 0.3) is 0 Å². The number of ether oxygens (including phenoxy) is 2. The smallest absolute Gasteiger partial charge is 0.407 e. The zero-order valence-corrected chi connectivity index (χ0v) is 24.6. The van der Waals surface area contributed by atoms with Gasteiger partial charge in [0.1, 0.15) is 0 Å². The van der Waals surface area contributed by atoms with E-state index in [1.165, 1.54) is 5.56 Å². The minimum atomic E-state index is -0.723. The van der Waals surface area contributed by atoms with E-state index in [0.717, 1.165) is 14.5 Å². The topological polar surface area (TPSA) is 90.6 Å². The number of rotatable bonds is 7. The van der Waals surface area contributed by atoms with Crippen LogP contribution in [-0.2, 0) is 22.6 Å². The Hall–Kier alpha value is -1.32. The van der Waals surface area contributed by atoms with E-state index in [0.29, 0.717) is 38.1 Å². The van der Waals surface area contributed by atoms with Crippen LogP contribution in [0.3, 0.4) is 0 Å². The highest BCUT2D eigenvalue weighted by molar-refractivity contribution is 9.10. The van der Waals surface area contributed by atoms with Crippen LogP contribution in [0.5, 0.6) is 0 Å². The monoisotopic (exact) mass is 642 g/mol. The van der Waals surface area contributed by atoms with Gasteiger partial charge in [-0.05, 0) is 47.2 Å². The zero-order chi connectivity index (χ0) is 25.2. The number of halogens is 4. The zero-order valence-electron chi connectivity index (χ0n) is 19.9. The van der Waals surface area contributed by atoms with Gasteiger partial charge in [0.05, 0.1) is 13.2 Å². The molecule has 10 heteroatoms. The van der Waals surface area contributed by atoms with E-state index in [1.807, 2.05) is 76.2 Å². The summed E-state index contributed by atoms with van der Waals surface area (Å²) in [5.74, 6) is 0.719. The lowest BCUT2D eigenvalue weighted by atomic mass is 10.2. The number of hydrogen-bond acceptors (Lipinski definition) is 5. The van der Waals surface area contributed by atoms with Crippen LogP contribution in [0.15, 0.2) is 57.5 Å². The standard InChI is InChI=1S/C12H16BrNO2.C7H8BrN.C5H9ClO2.ClH/c1-9(2)8-16-12(15)14-7-10-3-5-11(13)6-4-10;8-7-3-1-6(5-9)2-4-7;1-4(2)3-8-5(6)7;/h3-6,9H,7-8H2,1-2H3,(H,14,15);1-4H,5,9H2;4H,3H2,1-2H3;1H. The summed E-state index contributed by atoms with van der Waals surface area (Å²) in [6.07, 6.45) is -0.364. The molecule has 0 aliphatic carbocycles. The third-order valence-electron chi connectivity index (χ3n) is 3.58. The quantitative estimate of drug-likeness (QED) is 0.302. The van der Waals surface area contributed by atoms with Gasteiger partial charge < -0.3 is 20.5 Å². The van der Waals surface area contributed by atoms with Crippen LogP contribution in [0.4, 0.5) is 9.59 Å². The van der Waals surface area contributed by atoms with Crippen LogP contribution in [0.2, 0.25) is 0 Å². The molecule has 0 saturated heterocycles. The maximum Gasteiger partial charge on any atom is 0.407 e. The molecule has 0 radical (unpaired) electrons. The minimum absolute atomic E-state index is 0. The van der Waals surface area contributed by atoms with Gasteiger partial charge in [0.2, 0.25) is 0 Å². The molecule has 6 nitrogen and oxygen atoms in total. The lowest BCUT2D eigenvalue weighted by molar-refractivity contribution is 0.132. The molecule has 0 aliphatic heterocycles. The summed E-state index contributed by atoms with van der Waals surface area (Å²) in [6.45, 7) is 9.86. The third-order valence-corrected chi connectivity index (χ3v) is 4.74. The van der Waals surface area contributed by atoms with Gasteiger partial charge in [-0.3, -0.25) is 0 Å². The molecule has 3 N–H and O–H groups in total. The summed E-state index contributed by atoms with van der Waals surface area (Å²) in [5, 5.41) is 2.70. The highest BCUT2D eigenvalue weighted by Crippen LogP contribution is 2.10. The van der Waals surface area contributed by atoms with E-state index in [1.54, 1.807) is 0 Å². The fourth-order valence-electron chi connectivity index (χ4n) is 1.92. The number of alkyl carbamates (subject to hydrolysis) is 1. The van der Waals surface area contributed by atoms with Gasteiger partial charge in [-0.2, -0.15) is 0 Å². The number of carbonyl (C=O) groups is 2. The summed E-state index contributed by atoms with van der Waals surface area (Å²) in [4.78, 5) is 21.1. The first kappa shape index (κ1) is 34.8. The van der Waals surface area contributed by atoms with Crippen molar-refractivity contribution in [2.45, 2.75) is 40.8 Å². The van der Waals surface area contributed by atoms with Crippen molar-refractivity contribution in [3.63, 3.8) is 0 Å². The van der Waals surface area contributed by atoms with E-state index in [9.17, 15) is 9.59 Å². The molecule has 0 atom stereocenters. The molecule has 1 amide bonds. The molecule has 0 saturated carbocycles. The number of amides is 1. The van der Waals surface area contributed by atoms with Crippen molar-refractivity contribution in [2.24, 2.45) is 17.6 Å². The molecule has 0 heterocycles. The highest BCUT2D eigenvalue weighted by atomic mass is 79.9. The van der Waals surface area contributed by atoms with Crippen LogP contribution in [0, 0.1) is 11.8 Å². The summed E-state index contributed by atoms with van der Waals surface area (Å²) in [6, 6.07) is 15.8. The number of nitrogens with one attached hydrogen (secondary N) is 1. The number of carbonyl (C=O) groups excluding carboxylic acids is 2. The molecule has 2 aromatic carbocycles. The van der Waals surface area contributed by atoms with Crippen molar-refractivity contribution in [3.8, 4) is 0 Å². The van der Waals surface area contributed by atoms with Gasteiger partial charge in [-0.1, -0.05) is 83.8 Å². The second-order valence-corrected chi connectivity index (χ2v) is 9.89. The van der Waals surface area contributed by atoms with Crippen molar-refractivity contribution in [1.29, 1.82) is 0 Å². The van der Waals surface area contributed by atoms with E-state index < -0.39 is 5.43 Å². The first-order valence-electron chi connectivity index (χ1n) is 10.4. The predicted octanol–water partition coefficient (Wildman–Crippen LogP) is 7.68. The molecule has 34 heavy (non-hydrogen) atoms. The van der Waals surface area contributed by atoms with Crippen LogP contribution in [0.1, 0.15) is 38.8 Å². The number of nitrogens with two attached hydrogens (primary N) is 1. The SMILES string of the molecule is CC(C)COC(=O)Cl.CC(C)COC(=O)NCc1ccc(Br)cc1.Cl.NCc1ccc(Br)cc1. The maximum atomic E-state index is 11.2. The summed E-state index contributed by atoms with van der Waals surface area (Å²) in [5.41, 5.74) is 6.87. The number of benzene rings is 2. The van der Waals surface area contributed by atoms with Crippen molar-refractivity contribution < 1.29 is 19.1 Å². The van der Waals surface area contributed by atoms with Crippen LogP contribution in [-0.4, -0.2) is 24.7 Å². The average Bonchev–Trinajstić information content (AvgIpc) is 2.77. The van der Waals surface area contributed by atoms with E-state index >= 15 is 0 Å². The van der Waals surface area contributed by atoms with Crippen LogP contribution < -0.4 is 11.1 Å². The molecule has 0 fully saturated rings. The molecule has 0 bridgehead atoms.